The van der Waals surface area contributed by atoms with Crippen LogP contribution in [0.25, 0.3) is 0 Å². The second-order valence-electron chi connectivity index (χ2n) is 4.46. The standard InChI is InChI=1S/C14H20O2/c1-4-14(5-2,13(15)16)10-12-8-6-7-11(3)9-12/h6-9H,4-5,10H2,1-3H3,(H,15,16). The number of aryl methyl sites for hydroxylation is 1. The van der Waals surface area contributed by atoms with E-state index >= 15 is 0 Å². The first-order chi connectivity index (χ1) is 7.54. The molecule has 16 heavy (non-hydrogen) atoms. The maximum atomic E-state index is 11.4. The summed E-state index contributed by atoms with van der Waals surface area (Å²) in [5.74, 6) is -0.681. The maximum absolute atomic E-state index is 11.4. The lowest BCUT2D eigenvalue weighted by atomic mass is 9.77. The van der Waals surface area contributed by atoms with Crippen molar-refractivity contribution < 1.29 is 9.90 Å². The number of hydrogen-bond donors (Lipinski definition) is 1. The molecule has 1 rings (SSSR count). The summed E-state index contributed by atoms with van der Waals surface area (Å²) in [6.45, 7) is 5.94. The molecule has 2 heteroatoms. The van der Waals surface area contributed by atoms with Gasteiger partial charge in [0.05, 0.1) is 5.41 Å². The fraction of sp³-hybridized carbons (Fsp3) is 0.500. The van der Waals surface area contributed by atoms with Gasteiger partial charge < -0.3 is 5.11 Å². The topological polar surface area (TPSA) is 37.3 Å². The van der Waals surface area contributed by atoms with E-state index in [1.54, 1.807) is 0 Å². The molecule has 88 valence electrons. The highest BCUT2D eigenvalue weighted by atomic mass is 16.4. The third-order valence-corrected chi connectivity index (χ3v) is 3.43. The second-order valence-corrected chi connectivity index (χ2v) is 4.46. The Morgan fingerprint density at radius 3 is 2.38 bits per heavy atom. The van der Waals surface area contributed by atoms with Gasteiger partial charge in [-0.3, -0.25) is 4.79 Å². The van der Waals surface area contributed by atoms with E-state index < -0.39 is 11.4 Å². The fourth-order valence-electron chi connectivity index (χ4n) is 2.09. The van der Waals surface area contributed by atoms with Gasteiger partial charge in [0.25, 0.3) is 0 Å². The van der Waals surface area contributed by atoms with Crippen molar-refractivity contribution in [1.82, 2.24) is 0 Å². The lowest BCUT2D eigenvalue weighted by Gasteiger charge is -2.26. The van der Waals surface area contributed by atoms with Crippen molar-refractivity contribution in [3.63, 3.8) is 0 Å². The average Bonchev–Trinajstić information content (AvgIpc) is 2.25. The summed E-state index contributed by atoms with van der Waals surface area (Å²) in [4.78, 5) is 11.4. The quantitative estimate of drug-likeness (QED) is 0.825. The van der Waals surface area contributed by atoms with Crippen molar-refractivity contribution in [3.05, 3.63) is 35.4 Å². The highest BCUT2D eigenvalue weighted by Crippen LogP contribution is 2.31. The number of benzene rings is 1. The Kier molecular flexibility index (Phi) is 4.11. The fourth-order valence-corrected chi connectivity index (χ4v) is 2.09. The molecule has 2 nitrogen and oxygen atoms in total. The van der Waals surface area contributed by atoms with E-state index in [4.69, 9.17) is 0 Å². The Morgan fingerprint density at radius 1 is 1.31 bits per heavy atom. The summed E-state index contributed by atoms with van der Waals surface area (Å²) in [6, 6.07) is 8.10. The minimum absolute atomic E-state index is 0.603. The maximum Gasteiger partial charge on any atom is 0.309 e. The summed E-state index contributed by atoms with van der Waals surface area (Å²) in [5.41, 5.74) is 1.70. The third-order valence-electron chi connectivity index (χ3n) is 3.43. The van der Waals surface area contributed by atoms with Crippen molar-refractivity contribution in [2.24, 2.45) is 5.41 Å². The molecule has 0 unspecified atom stereocenters. The van der Waals surface area contributed by atoms with Gasteiger partial charge in [0.15, 0.2) is 0 Å². The van der Waals surface area contributed by atoms with E-state index in [1.807, 2.05) is 39.0 Å². The molecule has 0 saturated carbocycles. The van der Waals surface area contributed by atoms with Crippen LogP contribution in [0, 0.1) is 12.3 Å². The lowest BCUT2D eigenvalue weighted by molar-refractivity contribution is -0.149. The zero-order chi connectivity index (χ0) is 12.2. The van der Waals surface area contributed by atoms with E-state index in [0.717, 1.165) is 5.56 Å². The van der Waals surface area contributed by atoms with Gasteiger partial charge in [0.2, 0.25) is 0 Å². The van der Waals surface area contributed by atoms with Crippen LogP contribution in [-0.2, 0) is 11.2 Å². The van der Waals surface area contributed by atoms with Crippen LogP contribution in [0.3, 0.4) is 0 Å². The van der Waals surface area contributed by atoms with Crippen LogP contribution in [0.4, 0.5) is 0 Å². The van der Waals surface area contributed by atoms with Gasteiger partial charge >= 0.3 is 5.97 Å². The van der Waals surface area contributed by atoms with Crippen molar-refractivity contribution in [1.29, 1.82) is 0 Å². The predicted molar refractivity (Wildman–Crippen MR) is 65.5 cm³/mol. The molecule has 0 atom stereocenters. The van der Waals surface area contributed by atoms with Crippen molar-refractivity contribution >= 4 is 5.97 Å². The van der Waals surface area contributed by atoms with Gasteiger partial charge in [-0.05, 0) is 31.7 Å². The van der Waals surface area contributed by atoms with Gasteiger partial charge in [0, 0.05) is 0 Å². The smallest absolute Gasteiger partial charge is 0.309 e. The molecule has 0 amide bonds. The Hall–Kier alpha value is -1.31. The van der Waals surface area contributed by atoms with E-state index in [-0.39, 0.29) is 0 Å². The lowest BCUT2D eigenvalue weighted by Crippen LogP contribution is -2.32. The molecule has 0 fully saturated rings. The molecule has 0 radical (unpaired) electrons. The molecular weight excluding hydrogens is 200 g/mol. The van der Waals surface area contributed by atoms with Gasteiger partial charge in [-0.15, -0.1) is 0 Å². The molecule has 1 aromatic carbocycles. The first kappa shape index (κ1) is 12.8. The summed E-state index contributed by atoms with van der Waals surface area (Å²) in [5, 5.41) is 9.35. The molecule has 0 aliphatic heterocycles. The SMILES string of the molecule is CCC(CC)(Cc1cccc(C)c1)C(=O)O. The molecule has 0 saturated heterocycles. The molecule has 0 aliphatic rings. The molecule has 1 aromatic rings. The Morgan fingerprint density at radius 2 is 1.94 bits per heavy atom. The van der Waals surface area contributed by atoms with Crippen LogP contribution in [0.15, 0.2) is 24.3 Å². The summed E-state index contributed by atoms with van der Waals surface area (Å²) in [6.07, 6.45) is 1.97. The number of hydrogen-bond acceptors (Lipinski definition) is 1. The molecule has 0 heterocycles. The number of carboxylic acids is 1. The Labute approximate surface area is 97.3 Å². The summed E-state index contributed by atoms with van der Waals surface area (Å²) < 4.78 is 0. The zero-order valence-electron chi connectivity index (χ0n) is 10.3. The van der Waals surface area contributed by atoms with Gasteiger partial charge in [-0.25, -0.2) is 0 Å². The minimum Gasteiger partial charge on any atom is -0.481 e. The molecule has 0 aromatic heterocycles. The number of carboxylic acid groups (broad SMARTS) is 1. The van der Waals surface area contributed by atoms with Crippen molar-refractivity contribution in [2.75, 3.05) is 0 Å². The van der Waals surface area contributed by atoms with E-state index in [1.165, 1.54) is 5.56 Å². The van der Waals surface area contributed by atoms with Gasteiger partial charge in [0.1, 0.15) is 0 Å². The molecule has 0 aliphatic carbocycles. The molecule has 0 spiro atoms. The van der Waals surface area contributed by atoms with Gasteiger partial charge in [-0.2, -0.15) is 0 Å². The van der Waals surface area contributed by atoms with Crippen LogP contribution >= 0.6 is 0 Å². The number of rotatable bonds is 5. The van der Waals surface area contributed by atoms with E-state index in [2.05, 4.69) is 6.07 Å². The zero-order valence-corrected chi connectivity index (χ0v) is 10.3. The normalized spacial score (nSPS) is 11.4. The van der Waals surface area contributed by atoms with Crippen LogP contribution in [0.5, 0.6) is 0 Å². The molecule has 0 bridgehead atoms. The number of carbonyl (C=O) groups is 1. The van der Waals surface area contributed by atoms with E-state index in [0.29, 0.717) is 19.3 Å². The van der Waals surface area contributed by atoms with Crippen molar-refractivity contribution in [3.8, 4) is 0 Å². The average molecular weight is 220 g/mol. The van der Waals surface area contributed by atoms with Crippen molar-refractivity contribution in [2.45, 2.75) is 40.0 Å². The third kappa shape index (κ3) is 2.63. The first-order valence-electron chi connectivity index (χ1n) is 5.83. The Balaban J connectivity index is 2.96. The van der Waals surface area contributed by atoms with Crippen LogP contribution in [-0.4, -0.2) is 11.1 Å². The predicted octanol–water partition coefficient (Wildman–Crippen LogP) is 3.43. The highest BCUT2D eigenvalue weighted by Gasteiger charge is 2.34. The monoisotopic (exact) mass is 220 g/mol. The first-order valence-corrected chi connectivity index (χ1v) is 5.83. The Bertz CT molecular complexity index is 365. The summed E-state index contributed by atoms with van der Waals surface area (Å²) >= 11 is 0. The van der Waals surface area contributed by atoms with Gasteiger partial charge in [-0.1, -0.05) is 43.7 Å². The van der Waals surface area contributed by atoms with Crippen LogP contribution in [0.1, 0.15) is 37.8 Å². The summed E-state index contributed by atoms with van der Waals surface area (Å²) in [7, 11) is 0. The van der Waals surface area contributed by atoms with E-state index in [9.17, 15) is 9.90 Å². The molecule has 1 N–H and O–H groups in total. The largest absolute Gasteiger partial charge is 0.481 e. The molecular formula is C14H20O2. The van der Waals surface area contributed by atoms with Crippen LogP contribution < -0.4 is 0 Å². The highest BCUT2D eigenvalue weighted by molar-refractivity contribution is 5.75. The minimum atomic E-state index is -0.681. The number of aliphatic carboxylic acids is 1. The van der Waals surface area contributed by atoms with Crippen LogP contribution in [0.2, 0.25) is 0 Å². The second kappa shape index (κ2) is 5.15.